The number of hydrogen-bond acceptors (Lipinski definition) is 1. The lowest BCUT2D eigenvalue weighted by Crippen LogP contribution is -2.23. The highest BCUT2D eigenvalue weighted by Crippen LogP contribution is 2.30. The number of carbonyl (C=O) groups excluding carboxylic acids is 1. The zero-order chi connectivity index (χ0) is 10.3. The van der Waals surface area contributed by atoms with Gasteiger partial charge in [0.25, 0.3) is 0 Å². The van der Waals surface area contributed by atoms with E-state index >= 15 is 0 Å². The van der Waals surface area contributed by atoms with Crippen LogP contribution in [0.15, 0.2) is 12.1 Å². The van der Waals surface area contributed by atoms with Crippen molar-refractivity contribution in [1.29, 1.82) is 0 Å². The Morgan fingerprint density at radius 1 is 1.43 bits per heavy atom. The summed E-state index contributed by atoms with van der Waals surface area (Å²) in [5, 5.41) is 0.772. The fraction of sp³-hybridized carbons (Fsp3) is 0.364. The van der Waals surface area contributed by atoms with E-state index in [-0.39, 0.29) is 11.8 Å². The van der Waals surface area contributed by atoms with Crippen molar-refractivity contribution in [3.05, 3.63) is 33.8 Å². The smallest absolute Gasteiger partial charge is 0.221 e. The normalized spacial score (nSPS) is 19.4. The highest BCUT2D eigenvalue weighted by molar-refractivity contribution is 6.31. The molecule has 1 aliphatic carbocycles. The first-order valence-corrected chi connectivity index (χ1v) is 5.03. The van der Waals surface area contributed by atoms with Gasteiger partial charge in [0, 0.05) is 10.9 Å². The van der Waals surface area contributed by atoms with Crippen LogP contribution in [0.2, 0.25) is 5.02 Å². The van der Waals surface area contributed by atoms with Crippen LogP contribution >= 0.6 is 11.6 Å². The van der Waals surface area contributed by atoms with Crippen molar-refractivity contribution >= 4 is 17.5 Å². The lowest BCUT2D eigenvalue weighted by atomic mass is 10.1. The molecule has 1 unspecified atom stereocenters. The molecule has 3 heteroatoms. The van der Waals surface area contributed by atoms with Gasteiger partial charge in [-0.15, -0.1) is 0 Å². The van der Waals surface area contributed by atoms with E-state index < -0.39 is 0 Å². The van der Waals surface area contributed by atoms with Crippen molar-refractivity contribution in [1.82, 2.24) is 0 Å². The molecule has 0 saturated carbocycles. The summed E-state index contributed by atoms with van der Waals surface area (Å²) in [7, 11) is 0. The molecule has 1 aromatic rings. The van der Waals surface area contributed by atoms with E-state index in [1.54, 1.807) is 0 Å². The lowest BCUT2D eigenvalue weighted by molar-refractivity contribution is -0.121. The van der Waals surface area contributed by atoms with Crippen LogP contribution in [0.4, 0.5) is 0 Å². The third kappa shape index (κ3) is 1.50. The van der Waals surface area contributed by atoms with Crippen molar-refractivity contribution in [2.45, 2.75) is 19.8 Å². The molecule has 2 nitrogen and oxygen atoms in total. The molecular weight excluding hydrogens is 198 g/mol. The minimum atomic E-state index is -0.213. The van der Waals surface area contributed by atoms with Crippen LogP contribution in [0.3, 0.4) is 0 Å². The van der Waals surface area contributed by atoms with E-state index in [9.17, 15) is 4.79 Å². The topological polar surface area (TPSA) is 43.1 Å². The second-order valence-corrected chi connectivity index (χ2v) is 4.28. The molecule has 74 valence electrons. The first-order chi connectivity index (χ1) is 6.58. The summed E-state index contributed by atoms with van der Waals surface area (Å²) in [5.41, 5.74) is 8.74. The zero-order valence-electron chi connectivity index (χ0n) is 8.01. The van der Waals surface area contributed by atoms with Gasteiger partial charge in [0.05, 0.1) is 0 Å². The molecule has 0 radical (unpaired) electrons. The van der Waals surface area contributed by atoms with Crippen LogP contribution in [0.1, 0.15) is 16.7 Å². The molecule has 0 aromatic heterocycles. The largest absolute Gasteiger partial charge is 0.369 e. The summed E-state index contributed by atoms with van der Waals surface area (Å²) in [6.45, 7) is 1.97. The van der Waals surface area contributed by atoms with Gasteiger partial charge in [0.1, 0.15) is 0 Å². The third-order valence-electron chi connectivity index (χ3n) is 2.82. The van der Waals surface area contributed by atoms with E-state index in [4.69, 9.17) is 17.3 Å². The molecule has 0 saturated heterocycles. The molecule has 0 aliphatic heterocycles. The van der Waals surface area contributed by atoms with Gasteiger partial charge in [-0.25, -0.2) is 0 Å². The number of carbonyl (C=O) groups is 1. The van der Waals surface area contributed by atoms with Gasteiger partial charge in [-0.05, 0) is 42.5 Å². The Balaban J connectivity index is 2.36. The maximum absolute atomic E-state index is 11.0. The average Bonchev–Trinajstić information content (AvgIpc) is 2.48. The molecule has 1 aromatic carbocycles. The van der Waals surface area contributed by atoms with E-state index in [1.807, 2.05) is 13.0 Å². The van der Waals surface area contributed by atoms with E-state index in [0.29, 0.717) is 0 Å². The second-order valence-electron chi connectivity index (χ2n) is 3.88. The monoisotopic (exact) mass is 209 g/mol. The number of aryl methyl sites for hydroxylation is 1. The Morgan fingerprint density at radius 3 is 2.57 bits per heavy atom. The molecule has 0 fully saturated rings. The van der Waals surface area contributed by atoms with Crippen molar-refractivity contribution in [2.24, 2.45) is 11.7 Å². The number of halogens is 1. The molecule has 1 amide bonds. The standard InChI is InChI=1S/C11H12ClNO/c1-6-2-7-3-9(11(13)14)4-8(7)5-10(6)12/h2,5,9H,3-4H2,1H3,(H2,13,14). The summed E-state index contributed by atoms with van der Waals surface area (Å²) in [6, 6.07) is 4.01. The maximum Gasteiger partial charge on any atom is 0.221 e. The molecule has 1 atom stereocenters. The first-order valence-electron chi connectivity index (χ1n) is 4.65. The predicted octanol–water partition coefficient (Wildman–Crippen LogP) is 1.85. The Bertz CT molecular complexity index is 370. The van der Waals surface area contributed by atoms with Crippen LogP contribution in [-0.4, -0.2) is 5.91 Å². The van der Waals surface area contributed by atoms with Gasteiger partial charge < -0.3 is 5.73 Å². The van der Waals surface area contributed by atoms with Crippen molar-refractivity contribution < 1.29 is 4.79 Å². The van der Waals surface area contributed by atoms with E-state index in [1.165, 1.54) is 11.1 Å². The fourth-order valence-corrected chi connectivity index (χ4v) is 2.15. The Labute approximate surface area is 88.1 Å². The molecule has 2 rings (SSSR count). The second kappa shape index (κ2) is 3.28. The van der Waals surface area contributed by atoms with Gasteiger partial charge in [-0.2, -0.15) is 0 Å². The van der Waals surface area contributed by atoms with Gasteiger partial charge in [-0.3, -0.25) is 4.79 Å². The van der Waals surface area contributed by atoms with Crippen LogP contribution in [-0.2, 0) is 17.6 Å². The molecule has 0 heterocycles. The number of nitrogens with two attached hydrogens (primary N) is 1. The van der Waals surface area contributed by atoms with Crippen LogP contribution in [0, 0.1) is 12.8 Å². The van der Waals surface area contributed by atoms with Gasteiger partial charge in [0.15, 0.2) is 0 Å². The number of rotatable bonds is 1. The molecule has 1 aliphatic rings. The summed E-state index contributed by atoms with van der Waals surface area (Å²) < 4.78 is 0. The number of primary amides is 1. The van der Waals surface area contributed by atoms with Crippen LogP contribution in [0.5, 0.6) is 0 Å². The lowest BCUT2D eigenvalue weighted by Gasteiger charge is -2.02. The van der Waals surface area contributed by atoms with Crippen molar-refractivity contribution in [2.75, 3.05) is 0 Å². The summed E-state index contributed by atoms with van der Waals surface area (Å²) in [4.78, 5) is 11.0. The highest BCUT2D eigenvalue weighted by atomic mass is 35.5. The van der Waals surface area contributed by atoms with Gasteiger partial charge >= 0.3 is 0 Å². The van der Waals surface area contributed by atoms with Crippen molar-refractivity contribution in [3.63, 3.8) is 0 Å². The quantitative estimate of drug-likeness (QED) is 0.754. The Morgan fingerprint density at radius 2 is 2.00 bits per heavy atom. The highest BCUT2D eigenvalue weighted by Gasteiger charge is 2.26. The van der Waals surface area contributed by atoms with Gasteiger partial charge in [0.2, 0.25) is 5.91 Å². The predicted molar refractivity (Wildman–Crippen MR) is 56.3 cm³/mol. The summed E-state index contributed by atoms with van der Waals surface area (Å²) in [5.74, 6) is -0.252. The Hall–Kier alpha value is -1.02. The minimum absolute atomic E-state index is 0.0390. The zero-order valence-corrected chi connectivity index (χ0v) is 8.77. The third-order valence-corrected chi connectivity index (χ3v) is 3.22. The average molecular weight is 210 g/mol. The minimum Gasteiger partial charge on any atom is -0.369 e. The SMILES string of the molecule is Cc1cc2c(cc1Cl)CC(C(N)=O)C2. The number of amides is 1. The van der Waals surface area contributed by atoms with Crippen LogP contribution < -0.4 is 5.73 Å². The molecule has 2 N–H and O–H groups in total. The molecule has 0 spiro atoms. The number of hydrogen-bond donors (Lipinski definition) is 1. The van der Waals surface area contributed by atoms with E-state index in [0.717, 1.165) is 23.4 Å². The summed E-state index contributed by atoms with van der Waals surface area (Å²) >= 11 is 6.00. The number of benzene rings is 1. The van der Waals surface area contributed by atoms with E-state index in [2.05, 4.69) is 6.07 Å². The fourth-order valence-electron chi connectivity index (χ4n) is 1.97. The Kier molecular flexibility index (Phi) is 2.23. The molecule has 0 bridgehead atoms. The summed E-state index contributed by atoms with van der Waals surface area (Å²) in [6.07, 6.45) is 1.51. The van der Waals surface area contributed by atoms with Crippen LogP contribution in [0.25, 0.3) is 0 Å². The van der Waals surface area contributed by atoms with Crippen molar-refractivity contribution in [3.8, 4) is 0 Å². The molecular formula is C11H12ClNO. The molecule has 14 heavy (non-hydrogen) atoms. The first kappa shape index (κ1) is 9.53. The number of fused-ring (bicyclic) bond motifs is 1. The van der Waals surface area contributed by atoms with Gasteiger partial charge in [-0.1, -0.05) is 17.7 Å². The maximum atomic E-state index is 11.0.